The molecule has 0 aromatic heterocycles. The molecule has 2 aliphatic heterocycles. The normalized spacial score (nSPS) is 21.3. The minimum absolute atomic E-state index is 0.0609. The molecule has 3 aliphatic rings. The number of carboxylic acids is 1. The number of amides is 1. The third-order valence-corrected chi connectivity index (χ3v) is 9.75. The molecule has 1 N–H and O–H groups in total. The van der Waals surface area contributed by atoms with Gasteiger partial charge in [0.25, 0.3) is 0 Å². The monoisotopic (exact) mass is 621 g/mol. The zero-order chi connectivity index (χ0) is 31.7. The third kappa shape index (κ3) is 6.52. The molecular formula is C35H38F3N3O4. The van der Waals surface area contributed by atoms with Gasteiger partial charge in [-0.25, -0.2) is 4.79 Å². The number of carbonyl (C=O) groups is 2. The number of hydrogen-bond donors (Lipinski definition) is 1. The van der Waals surface area contributed by atoms with Gasteiger partial charge in [-0.15, -0.1) is 0 Å². The predicted octanol–water partition coefficient (Wildman–Crippen LogP) is 6.39. The number of halogens is 3. The van der Waals surface area contributed by atoms with Crippen LogP contribution in [0.25, 0.3) is 11.1 Å². The van der Waals surface area contributed by atoms with Crippen LogP contribution in [0.5, 0.6) is 5.75 Å². The first-order chi connectivity index (χ1) is 21.6. The lowest BCUT2D eigenvalue weighted by Crippen LogP contribution is -2.51. The lowest BCUT2D eigenvalue weighted by atomic mass is 9.87. The zero-order valence-electron chi connectivity index (χ0n) is 25.3. The van der Waals surface area contributed by atoms with Gasteiger partial charge in [0.2, 0.25) is 5.91 Å². The number of likely N-dealkylation sites (tertiary alicyclic amines) is 1. The van der Waals surface area contributed by atoms with Gasteiger partial charge >= 0.3 is 12.1 Å². The first-order valence-electron chi connectivity index (χ1n) is 15.6. The molecule has 2 atom stereocenters. The molecule has 1 aliphatic carbocycles. The lowest BCUT2D eigenvalue weighted by molar-refractivity contribution is -0.137. The molecule has 3 aromatic rings. The van der Waals surface area contributed by atoms with Crippen LogP contribution >= 0.6 is 0 Å². The van der Waals surface area contributed by atoms with E-state index in [4.69, 9.17) is 4.74 Å². The lowest BCUT2D eigenvalue weighted by Gasteiger charge is -2.38. The number of anilines is 1. The van der Waals surface area contributed by atoms with Crippen molar-refractivity contribution in [1.82, 2.24) is 9.80 Å². The Morgan fingerprint density at radius 3 is 2.13 bits per heavy atom. The van der Waals surface area contributed by atoms with Crippen molar-refractivity contribution in [2.45, 2.75) is 43.8 Å². The fourth-order valence-corrected chi connectivity index (χ4v) is 7.25. The van der Waals surface area contributed by atoms with E-state index in [1.54, 1.807) is 7.11 Å². The number of hydrogen-bond acceptors (Lipinski definition) is 5. The highest BCUT2D eigenvalue weighted by molar-refractivity contribution is 5.89. The molecule has 2 saturated heterocycles. The summed E-state index contributed by atoms with van der Waals surface area (Å²) in [5.41, 5.74) is 1.93. The second kappa shape index (κ2) is 12.7. The first kappa shape index (κ1) is 31.0. The van der Waals surface area contributed by atoms with Gasteiger partial charge in [0, 0.05) is 62.5 Å². The van der Waals surface area contributed by atoms with Gasteiger partial charge in [-0.3, -0.25) is 9.69 Å². The summed E-state index contributed by atoms with van der Waals surface area (Å²) in [6, 6.07) is 18.1. The number of nitrogens with zero attached hydrogens (tertiary/aromatic N) is 3. The molecule has 45 heavy (non-hydrogen) atoms. The quantitative estimate of drug-likeness (QED) is 0.330. The van der Waals surface area contributed by atoms with Crippen LogP contribution in [0.15, 0.2) is 66.7 Å². The molecule has 10 heteroatoms. The Bertz CT molecular complexity index is 1510. The Morgan fingerprint density at radius 2 is 1.53 bits per heavy atom. The molecule has 6 rings (SSSR count). The van der Waals surface area contributed by atoms with Gasteiger partial charge in [-0.2, -0.15) is 13.2 Å². The van der Waals surface area contributed by atoms with Crippen molar-refractivity contribution >= 4 is 17.6 Å². The summed E-state index contributed by atoms with van der Waals surface area (Å²) in [6.07, 6.45) is 0.273. The number of ether oxygens (including phenoxy) is 1. The van der Waals surface area contributed by atoms with E-state index in [1.165, 1.54) is 56.0 Å². The van der Waals surface area contributed by atoms with Crippen LogP contribution in [0.1, 0.15) is 53.1 Å². The second-order valence-electron chi connectivity index (χ2n) is 12.3. The number of carboxylic acid groups (broad SMARTS) is 1. The molecule has 1 saturated carbocycles. The fourth-order valence-electron chi connectivity index (χ4n) is 7.25. The maximum atomic E-state index is 14.1. The standard InChI is InChI=1S/C35H38F3N3O4/c1-45-28-13-10-24(11-14-28)30-21-41(27-4-2-3-5-27)22-31(30)33(42)40-18-16-39(17-19-40)32-15-12-26(35(36,37)38)20-29(32)23-6-8-25(9-7-23)34(43)44/h6-15,20,27,30-31H,2-5,16-19,21-22H2,1H3,(H,43,44)/t30-,31+/m0/s1. The van der Waals surface area contributed by atoms with Gasteiger partial charge < -0.3 is 19.6 Å². The number of alkyl halides is 3. The number of methoxy groups -OCH3 is 1. The molecular weight excluding hydrogens is 583 g/mol. The van der Waals surface area contributed by atoms with Crippen molar-refractivity contribution < 1.29 is 32.6 Å². The van der Waals surface area contributed by atoms with Gasteiger partial charge in [-0.1, -0.05) is 37.1 Å². The average molecular weight is 622 g/mol. The number of benzene rings is 3. The summed E-state index contributed by atoms with van der Waals surface area (Å²) in [5.74, 6) is -0.275. The first-order valence-corrected chi connectivity index (χ1v) is 15.6. The Balaban J connectivity index is 1.21. The van der Waals surface area contributed by atoms with Crippen LogP contribution in [0.2, 0.25) is 0 Å². The highest BCUT2D eigenvalue weighted by atomic mass is 19.4. The van der Waals surface area contributed by atoms with Crippen molar-refractivity contribution in [3.8, 4) is 16.9 Å². The predicted molar refractivity (Wildman–Crippen MR) is 166 cm³/mol. The van der Waals surface area contributed by atoms with Crippen molar-refractivity contribution in [3.63, 3.8) is 0 Å². The van der Waals surface area contributed by atoms with Gasteiger partial charge in [-0.05, 0) is 66.4 Å². The third-order valence-electron chi connectivity index (χ3n) is 9.75. The number of rotatable bonds is 7. The molecule has 1 amide bonds. The summed E-state index contributed by atoms with van der Waals surface area (Å²) < 4.78 is 46.4. The van der Waals surface area contributed by atoms with Gasteiger partial charge in [0.05, 0.1) is 24.2 Å². The van der Waals surface area contributed by atoms with Crippen LogP contribution in [-0.4, -0.2) is 79.2 Å². The van der Waals surface area contributed by atoms with E-state index < -0.39 is 17.7 Å². The molecule has 238 valence electrons. The zero-order valence-corrected chi connectivity index (χ0v) is 25.3. The van der Waals surface area contributed by atoms with Crippen molar-refractivity contribution in [2.24, 2.45) is 5.92 Å². The molecule has 0 spiro atoms. The van der Waals surface area contributed by atoms with E-state index in [-0.39, 0.29) is 23.3 Å². The maximum absolute atomic E-state index is 14.1. The number of aromatic carboxylic acids is 1. The topological polar surface area (TPSA) is 73.3 Å². The summed E-state index contributed by atoms with van der Waals surface area (Å²) in [5, 5.41) is 9.28. The van der Waals surface area contributed by atoms with E-state index in [0.717, 1.165) is 36.5 Å². The fraction of sp³-hybridized carbons (Fsp3) is 0.429. The van der Waals surface area contributed by atoms with Crippen LogP contribution in [0, 0.1) is 5.92 Å². The minimum Gasteiger partial charge on any atom is -0.497 e. The van der Waals surface area contributed by atoms with E-state index >= 15 is 0 Å². The molecule has 0 bridgehead atoms. The smallest absolute Gasteiger partial charge is 0.416 e. The van der Waals surface area contributed by atoms with Gasteiger partial charge in [0.15, 0.2) is 0 Å². The van der Waals surface area contributed by atoms with Crippen molar-refractivity contribution in [2.75, 3.05) is 51.3 Å². The van der Waals surface area contributed by atoms with Crippen LogP contribution in [-0.2, 0) is 11.0 Å². The van der Waals surface area contributed by atoms with Crippen molar-refractivity contribution in [3.05, 3.63) is 83.4 Å². The summed E-state index contributed by atoms with van der Waals surface area (Å²) >= 11 is 0. The van der Waals surface area contributed by atoms with E-state index in [1.807, 2.05) is 21.9 Å². The Morgan fingerprint density at radius 1 is 0.867 bits per heavy atom. The van der Waals surface area contributed by atoms with Crippen molar-refractivity contribution in [1.29, 1.82) is 0 Å². The average Bonchev–Trinajstić information content (AvgIpc) is 3.75. The number of carbonyl (C=O) groups excluding carboxylic acids is 1. The highest BCUT2D eigenvalue weighted by Crippen LogP contribution is 2.40. The highest BCUT2D eigenvalue weighted by Gasteiger charge is 2.43. The summed E-state index contributed by atoms with van der Waals surface area (Å²) in [4.78, 5) is 31.9. The maximum Gasteiger partial charge on any atom is 0.416 e. The Labute approximate surface area is 261 Å². The molecule has 7 nitrogen and oxygen atoms in total. The van der Waals surface area contributed by atoms with E-state index in [0.29, 0.717) is 49.0 Å². The van der Waals surface area contributed by atoms with Crippen LogP contribution < -0.4 is 9.64 Å². The van der Waals surface area contributed by atoms with E-state index in [2.05, 4.69) is 17.0 Å². The van der Waals surface area contributed by atoms with E-state index in [9.17, 15) is 27.9 Å². The minimum atomic E-state index is -4.52. The molecule has 3 aromatic carbocycles. The van der Waals surface area contributed by atoms with Gasteiger partial charge in [0.1, 0.15) is 5.75 Å². The Hall–Kier alpha value is -4.05. The second-order valence-corrected chi connectivity index (χ2v) is 12.3. The van der Waals surface area contributed by atoms with Crippen LogP contribution in [0.4, 0.5) is 18.9 Å². The summed E-state index contributed by atoms with van der Waals surface area (Å²) in [6.45, 7) is 3.46. The summed E-state index contributed by atoms with van der Waals surface area (Å²) in [7, 11) is 1.64. The molecule has 0 radical (unpaired) electrons. The molecule has 3 fully saturated rings. The largest absolute Gasteiger partial charge is 0.497 e. The Kier molecular flexibility index (Phi) is 8.77. The SMILES string of the molecule is COc1ccc([C@@H]2CN(C3CCCC3)C[C@H]2C(=O)N2CCN(c3ccc(C(F)(F)F)cc3-c3ccc(C(=O)O)cc3)CC2)cc1. The molecule has 2 heterocycles. The number of piperazine rings is 1. The molecule has 0 unspecified atom stereocenters. The van der Waals surface area contributed by atoms with Crippen LogP contribution in [0.3, 0.4) is 0 Å².